The largest absolute Gasteiger partial charge is 0.331 e. The lowest BCUT2D eigenvalue weighted by Gasteiger charge is -2.25. The van der Waals surface area contributed by atoms with Gasteiger partial charge in [0.25, 0.3) is 0 Å². The fraction of sp³-hybridized carbons (Fsp3) is 0.562. The molecule has 0 spiro atoms. The highest BCUT2D eigenvalue weighted by atomic mass is 15.1. The van der Waals surface area contributed by atoms with Crippen LogP contribution in [0.3, 0.4) is 0 Å². The highest BCUT2D eigenvalue weighted by molar-refractivity contribution is 6.04. The van der Waals surface area contributed by atoms with Crippen LogP contribution in [0.1, 0.15) is 148 Å². The number of hydrogen-bond donors (Lipinski definition) is 2. The van der Waals surface area contributed by atoms with E-state index in [4.69, 9.17) is 29.9 Å². The smallest absolute Gasteiger partial charge is 0.141 e. The molecule has 3 aliphatic carbocycles. The summed E-state index contributed by atoms with van der Waals surface area (Å²) < 4.78 is 0. The van der Waals surface area contributed by atoms with Gasteiger partial charge in [-0.3, -0.25) is 0 Å². The van der Waals surface area contributed by atoms with Crippen LogP contribution in [0.15, 0.2) is 24.3 Å². The van der Waals surface area contributed by atoms with Gasteiger partial charge in [0.15, 0.2) is 0 Å². The van der Waals surface area contributed by atoms with E-state index < -0.39 is 0 Å². The second kappa shape index (κ2) is 9.05. The molecule has 3 aromatic rings. The highest BCUT2D eigenvalue weighted by Gasteiger charge is 2.41. The van der Waals surface area contributed by atoms with E-state index in [1.165, 1.54) is 51.4 Å². The number of H-pyrrole nitrogens is 2. The van der Waals surface area contributed by atoms with Gasteiger partial charge in [-0.25, -0.2) is 29.9 Å². The second-order valence-electron chi connectivity index (χ2n) is 12.9. The van der Waals surface area contributed by atoms with E-state index in [1.807, 2.05) is 0 Å². The highest BCUT2D eigenvalue weighted by Crippen LogP contribution is 2.49. The molecule has 204 valence electrons. The third-order valence-electron chi connectivity index (χ3n) is 10.6. The lowest BCUT2D eigenvalue weighted by molar-refractivity contribution is 0.376. The Labute approximate surface area is 233 Å². The molecular formula is C32H36N8. The number of nitrogens with zero attached hydrogens (tertiary/aromatic N) is 6. The van der Waals surface area contributed by atoms with Crippen molar-refractivity contribution in [1.82, 2.24) is 39.9 Å². The van der Waals surface area contributed by atoms with Crippen molar-refractivity contribution in [2.45, 2.75) is 113 Å². The van der Waals surface area contributed by atoms with Gasteiger partial charge in [-0.2, -0.15) is 0 Å². The molecule has 3 saturated carbocycles. The standard InChI is InChI=1S/C32H36N8/c1-2-10-18-17(9-1)25-33-26(18)38-28-21-13-5-6-14-22(21)30(35-28)40-32-24-16-8-7-15-23(24)31(36-32)39-29-20-12-4-3-11-19(20)27(34-29)37-25/h1-2,9-10,19-24,33H,3-8,11-16H2,(H,34,35,36,37,38,39,40). The van der Waals surface area contributed by atoms with Gasteiger partial charge < -0.3 is 9.97 Å². The molecular weight excluding hydrogens is 496 g/mol. The molecule has 1 aromatic carbocycles. The summed E-state index contributed by atoms with van der Waals surface area (Å²) in [6.45, 7) is 0. The molecule has 3 fully saturated rings. The molecule has 2 aromatic heterocycles. The maximum atomic E-state index is 5.34. The summed E-state index contributed by atoms with van der Waals surface area (Å²) in [5.41, 5.74) is 1.71. The van der Waals surface area contributed by atoms with E-state index in [9.17, 15) is 0 Å². The maximum absolute atomic E-state index is 5.34. The minimum Gasteiger partial charge on any atom is -0.331 e. The average Bonchev–Trinajstić information content (AvgIpc) is 3.73. The second-order valence-corrected chi connectivity index (χ2v) is 12.9. The fourth-order valence-corrected chi connectivity index (χ4v) is 8.61. The minimum absolute atomic E-state index is 0.335. The van der Waals surface area contributed by atoms with E-state index >= 15 is 0 Å². The zero-order valence-electron chi connectivity index (χ0n) is 22.9. The number of benzene rings is 1. The Morgan fingerprint density at radius 1 is 0.425 bits per heavy atom. The Hall–Kier alpha value is -3.42. The van der Waals surface area contributed by atoms with Crippen LogP contribution in [0.25, 0.3) is 22.1 Å². The molecule has 8 heteroatoms. The first-order valence-electron chi connectivity index (χ1n) is 15.7. The van der Waals surface area contributed by atoms with Crippen LogP contribution < -0.4 is 0 Å². The van der Waals surface area contributed by atoms with E-state index in [0.717, 1.165) is 82.7 Å². The molecule has 6 aliphatic rings. The van der Waals surface area contributed by atoms with Crippen LogP contribution in [0, 0.1) is 0 Å². The van der Waals surface area contributed by atoms with Gasteiger partial charge in [-0.15, -0.1) is 0 Å². The number of fused-ring (bicyclic) bond motifs is 20. The van der Waals surface area contributed by atoms with Gasteiger partial charge in [0.1, 0.15) is 46.2 Å². The van der Waals surface area contributed by atoms with E-state index in [-0.39, 0.29) is 0 Å². The third kappa shape index (κ3) is 3.57. The van der Waals surface area contributed by atoms with Crippen molar-refractivity contribution in [3.63, 3.8) is 0 Å². The molecule has 6 atom stereocenters. The van der Waals surface area contributed by atoms with Gasteiger partial charge in [0.05, 0.1) is 0 Å². The van der Waals surface area contributed by atoms with Gasteiger partial charge >= 0.3 is 0 Å². The van der Waals surface area contributed by atoms with Crippen LogP contribution >= 0.6 is 0 Å². The summed E-state index contributed by atoms with van der Waals surface area (Å²) in [5.74, 6) is 8.17. The van der Waals surface area contributed by atoms with Crippen LogP contribution in [0.5, 0.6) is 0 Å². The SMILES string of the molecule is c1ccc2c3nc4nc(nc5[nH]c(nc6nc(nc([nH]3)c2c1)C1CCCCC61)C1CCCCC51)C1CCCCC41. The van der Waals surface area contributed by atoms with E-state index in [1.54, 1.807) is 0 Å². The summed E-state index contributed by atoms with van der Waals surface area (Å²) in [7, 11) is 0. The lowest BCUT2D eigenvalue weighted by atomic mass is 9.79. The summed E-state index contributed by atoms with van der Waals surface area (Å²) >= 11 is 0. The van der Waals surface area contributed by atoms with Crippen LogP contribution in [-0.4, -0.2) is 39.9 Å². The van der Waals surface area contributed by atoms with Gasteiger partial charge in [-0.05, 0) is 38.5 Å². The first-order valence-corrected chi connectivity index (χ1v) is 15.7. The molecule has 0 saturated heterocycles. The number of nitrogens with one attached hydrogen (secondary N) is 2. The molecule has 3 aliphatic heterocycles. The molecule has 8 bridgehead atoms. The monoisotopic (exact) mass is 532 g/mol. The maximum Gasteiger partial charge on any atom is 0.141 e. The Balaban J connectivity index is 1.37. The fourth-order valence-electron chi connectivity index (χ4n) is 8.61. The van der Waals surface area contributed by atoms with Crippen LogP contribution in [0.4, 0.5) is 0 Å². The molecule has 40 heavy (non-hydrogen) atoms. The van der Waals surface area contributed by atoms with Crippen LogP contribution in [-0.2, 0) is 0 Å². The van der Waals surface area contributed by atoms with Crippen molar-refractivity contribution >= 4 is 22.1 Å². The number of hydrogen-bond acceptors (Lipinski definition) is 6. The Morgan fingerprint density at radius 3 is 1.23 bits per heavy atom. The number of aromatic amines is 2. The minimum atomic E-state index is 0.335. The number of rotatable bonds is 0. The molecule has 8 nitrogen and oxygen atoms in total. The van der Waals surface area contributed by atoms with Crippen molar-refractivity contribution in [3.05, 3.63) is 59.2 Å². The van der Waals surface area contributed by atoms with Gasteiger partial charge in [-0.1, -0.05) is 62.8 Å². The van der Waals surface area contributed by atoms with Gasteiger partial charge in [0.2, 0.25) is 0 Å². The molecule has 0 radical (unpaired) electrons. The average molecular weight is 533 g/mol. The summed E-state index contributed by atoms with van der Waals surface area (Å²) in [6.07, 6.45) is 14.3. The van der Waals surface area contributed by atoms with Crippen molar-refractivity contribution < 1.29 is 0 Å². The van der Waals surface area contributed by atoms with E-state index in [0.29, 0.717) is 35.5 Å². The van der Waals surface area contributed by atoms with Crippen molar-refractivity contribution in [3.8, 4) is 0 Å². The van der Waals surface area contributed by atoms with Crippen molar-refractivity contribution in [2.24, 2.45) is 0 Å². The molecule has 9 rings (SSSR count). The Morgan fingerprint density at radius 2 is 0.800 bits per heavy atom. The third-order valence-corrected chi connectivity index (χ3v) is 10.6. The van der Waals surface area contributed by atoms with Crippen LogP contribution in [0.2, 0.25) is 0 Å². The predicted molar refractivity (Wildman–Crippen MR) is 153 cm³/mol. The zero-order valence-corrected chi connectivity index (χ0v) is 22.9. The molecule has 5 heterocycles. The number of aromatic nitrogens is 8. The zero-order chi connectivity index (χ0) is 26.2. The van der Waals surface area contributed by atoms with E-state index in [2.05, 4.69) is 34.2 Å². The normalized spacial score (nSPS) is 30.3. The first-order chi connectivity index (χ1) is 19.8. The van der Waals surface area contributed by atoms with Crippen molar-refractivity contribution in [2.75, 3.05) is 0 Å². The lowest BCUT2D eigenvalue weighted by Crippen LogP contribution is -2.15. The summed E-state index contributed by atoms with van der Waals surface area (Å²) in [6, 6.07) is 8.46. The molecule has 2 N–H and O–H groups in total. The summed E-state index contributed by atoms with van der Waals surface area (Å²) in [4.78, 5) is 38.8. The molecule has 0 amide bonds. The molecule has 6 unspecified atom stereocenters. The quantitative estimate of drug-likeness (QED) is 0.320. The predicted octanol–water partition coefficient (Wildman–Crippen LogP) is 7.09. The van der Waals surface area contributed by atoms with Crippen molar-refractivity contribution in [1.29, 1.82) is 0 Å². The topological polar surface area (TPSA) is 109 Å². The summed E-state index contributed by atoms with van der Waals surface area (Å²) in [5, 5.41) is 2.18. The Bertz CT molecular complexity index is 1570. The van der Waals surface area contributed by atoms with Gasteiger partial charge in [0, 0.05) is 46.3 Å². The first kappa shape index (κ1) is 23.3. The Kier molecular flexibility index (Phi) is 5.27.